The van der Waals surface area contributed by atoms with Crippen LogP contribution in [0.2, 0.25) is 0 Å². The number of carbonyl (C=O) groups excluding carboxylic acids is 1. The summed E-state index contributed by atoms with van der Waals surface area (Å²) < 4.78 is 6.43. The zero-order valence-corrected chi connectivity index (χ0v) is 15.7. The first-order chi connectivity index (χ1) is 10.2. The van der Waals surface area contributed by atoms with E-state index in [0.717, 1.165) is 17.6 Å². The number of nitrogens with one attached hydrogen (secondary N) is 1. The number of hydrogen-bond donors (Lipinski definition) is 1. The van der Waals surface area contributed by atoms with E-state index in [4.69, 9.17) is 4.74 Å². The van der Waals surface area contributed by atoms with Gasteiger partial charge in [-0.15, -0.1) is 0 Å². The Morgan fingerprint density at radius 3 is 2.45 bits per heavy atom. The Morgan fingerprint density at radius 2 is 1.91 bits per heavy atom. The van der Waals surface area contributed by atoms with Gasteiger partial charge < -0.3 is 15.0 Å². The van der Waals surface area contributed by atoms with E-state index in [-0.39, 0.29) is 6.09 Å². The van der Waals surface area contributed by atoms with Gasteiger partial charge in [0, 0.05) is 24.6 Å². The minimum Gasteiger partial charge on any atom is -0.444 e. The first kappa shape index (κ1) is 19.0. The Morgan fingerprint density at radius 1 is 1.32 bits per heavy atom. The fourth-order valence-electron chi connectivity index (χ4n) is 2.01. The maximum atomic E-state index is 11.9. The molecule has 0 saturated heterocycles. The van der Waals surface area contributed by atoms with Crippen LogP contribution < -0.4 is 5.32 Å². The summed E-state index contributed by atoms with van der Waals surface area (Å²) in [6.45, 7) is 10.1. The average molecular weight is 371 g/mol. The van der Waals surface area contributed by atoms with Crippen LogP contribution in [0.4, 0.5) is 4.79 Å². The minimum absolute atomic E-state index is 0.271. The summed E-state index contributed by atoms with van der Waals surface area (Å²) in [6, 6.07) is 8.26. The number of rotatable bonds is 6. The van der Waals surface area contributed by atoms with Crippen molar-refractivity contribution < 1.29 is 9.53 Å². The molecule has 1 aromatic carbocycles. The van der Waals surface area contributed by atoms with E-state index < -0.39 is 5.60 Å². The van der Waals surface area contributed by atoms with Crippen molar-refractivity contribution in [3.8, 4) is 0 Å². The standard InChI is InChI=1S/C17H27BrN2O2/c1-13(12-20(5)16(21)22-17(2,3)4)10-19-11-14-6-8-15(18)9-7-14/h6-9,13,19H,10-12H2,1-5H3. The van der Waals surface area contributed by atoms with E-state index in [9.17, 15) is 4.79 Å². The van der Waals surface area contributed by atoms with Crippen LogP contribution in [0.5, 0.6) is 0 Å². The lowest BCUT2D eigenvalue weighted by molar-refractivity contribution is 0.0277. The van der Waals surface area contributed by atoms with Crippen LogP contribution >= 0.6 is 15.9 Å². The van der Waals surface area contributed by atoms with Gasteiger partial charge in [-0.2, -0.15) is 0 Å². The van der Waals surface area contributed by atoms with Gasteiger partial charge in [-0.05, 0) is 50.9 Å². The number of ether oxygens (including phenoxy) is 1. The van der Waals surface area contributed by atoms with Crippen molar-refractivity contribution in [2.24, 2.45) is 5.92 Å². The third-order valence-electron chi connectivity index (χ3n) is 3.03. The molecule has 1 amide bonds. The lowest BCUT2D eigenvalue weighted by Crippen LogP contribution is -2.38. The minimum atomic E-state index is -0.450. The van der Waals surface area contributed by atoms with Crippen molar-refractivity contribution in [1.29, 1.82) is 0 Å². The van der Waals surface area contributed by atoms with Crippen LogP contribution in [0, 0.1) is 5.92 Å². The number of carbonyl (C=O) groups is 1. The van der Waals surface area contributed by atoms with Crippen molar-refractivity contribution >= 4 is 22.0 Å². The molecule has 4 nitrogen and oxygen atoms in total. The molecular weight excluding hydrogens is 344 g/mol. The monoisotopic (exact) mass is 370 g/mol. The highest BCUT2D eigenvalue weighted by molar-refractivity contribution is 9.10. The van der Waals surface area contributed by atoms with E-state index in [1.54, 1.807) is 11.9 Å². The lowest BCUT2D eigenvalue weighted by atomic mass is 10.1. The molecule has 0 heterocycles. The molecule has 0 saturated carbocycles. The highest BCUT2D eigenvalue weighted by Crippen LogP contribution is 2.11. The second-order valence-corrected chi connectivity index (χ2v) is 7.64. The maximum Gasteiger partial charge on any atom is 0.410 e. The van der Waals surface area contributed by atoms with E-state index in [2.05, 4.69) is 40.3 Å². The van der Waals surface area contributed by atoms with Crippen LogP contribution in [0.25, 0.3) is 0 Å². The summed E-state index contributed by atoms with van der Waals surface area (Å²) >= 11 is 3.43. The molecule has 0 aromatic heterocycles. The molecule has 0 aliphatic heterocycles. The quantitative estimate of drug-likeness (QED) is 0.821. The zero-order chi connectivity index (χ0) is 16.8. The Balaban J connectivity index is 2.29. The average Bonchev–Trinajstić information content (AvgIpc) is 2.39. The zero-order valence-electron chi connectivity index (χ0n) is 14.1. The summed E-state index contributed by atoms with van der Waals surface area (Å²) in [5.74, 6) is 0.355. The maximum absolute atomic E-state index is 11.9. The van der Waals surface area contributed by atoms with Gasteiger partial charge in [-0.25, -0.2) is 4.79 Å². The van der Waals surface area contributed by atoms with Gasteiger partial charge in [-0.3, -0.25) is 0 Å². The predicted octanol–water partition coefficient (Wildman–Crippen LogP) is 4.04. The third kappa shape index (κ3) is 7.80. The Labute approximate surface area is 142 Å². The van der Waals surface area contributed by atoms with Gasteiger partial charge in [0.1, 0.15) is 5.60 Å². The molecule has 0 bridgehead atoms. The fraction of sp³-hybridized carbons (Fsp3) is 0.588. The second kappa shape index (κ2) is 8.53. The summed E-state index contributed by atoms with van der Waals surface area (Å²) in [7, 11) is 1.78. The highest BCUT2D eigenvalue weighted by Gasteiger charge is 2.20. The summed E-state index contributed by atoms with van der Waals surface area (Å²) in [4.78, 5) is 13.5. The normalized spacial score (nSPS) is 12.8. The van der Waals surface area contributed by atoms with Crippen LogP contribution in [0.15, 0.2) is 28.7 Å². The smallest absolute Gasteiger partial charge is 0.410 e. The molecule has 1 rings (SSSR count). The molecule has 0 aliphatic carbocycles. The van der Waals surface area contributed by atoms with Crippen molar-refractivity contribution in [2.45, 2.75) is 39.8 Å². The Kier molecular flexibility index (Phi) is 7.36. The number of hydrogen-bond acceptors (Lipinski definition) is 3. The fourth-order valence-corrected chi connectivity index (χ4v) is 2.28. The van der Waals surface area contributed by atoms with Gasteiger partial charge in [0.25, 0.3) is 0 Å². The second-order valence-electron chi connectivity index (χ2n) is 6.72. The van der Waals surface area contributed by atoms with Crippen LogP contribution in [0.1, 0.15) is 33.3 Å². The topological polar surface area (TPSA) is 41.6 Å². The number of amides is 1. The van der Waals surface area contributed by atoms with Crippen LogP contribution in [0.3, 0.4) is 0 Å². The summed E-state index contributed by atoms with van der Waals surface area (Å²) in [5, 5.41) is 3.42. The summed E-state index contributed by atoms with van der Waals surface area (Å²) in [6.07, 6.45) is -0.271. The molecule has 1 unspecified atom stereocenters. The molecule has 1 aromatic rings. The van der Waals surface area contributed by atoms with Gasteiger partial charge in [-0.1, -0.05) is 35.0 Å². The molecule has 1 atom stereocenters. The van der Waals surface area contributed by atoms with Crippen molar-refractivity contribution in [3.05, 3.63) is 34.3 Å². The van der Waals surface area contributed by atoms with E-state index >= 15 is 0 Å². The van der Waals surface area contributed by atoms with E-state index in [0.29, 0.717) is 12.5 Å². The Bertz CT molecular complexity index is 469. The molecule has 124 valence electrons. The summed E-state index contributed by atoms with van der Waals surface area (Å²) in [5.41, 5.74) is 0.796. The number of nitrogens with zero attached hydrogens (tertiary/aromatic N) is 1. The van der Waals surface area contributed by atoms with Crippen molar-refractivity contribution in [2.75, 3.05) is 20.1 Å². The lowest BCUT2D eigenvalue weighted by Gasteiger charge is -2.26. The van der Waals surface area contributed by atoms with Crippen LogP contribution in [-0.4, -0.2) is 36.7 Å². The SMILES string of the molecule is CC(CNCc1ccc(Br)cc1)CN(C)C(=O)OC(C)(C)C. The van der Waals surface area contributed by atoms with E-state index in [1.807, 2.05) is 32.9 Å². The molecule has 22 heavy (non-hydrogen) atoms. The molecular formula is C17H27BrN2O2. The molecule has 0 spiro atoms. The third-order valence-corrected chi connectivity index (χ3v) is 3.55. The van der Waals surface area contributed by atoms with Gasteiger partial charge in [0.2, 0.25) is 0 Å². The van der Waals surface area contributed by atoms with Crippen molar-refractivity contribution in [1.82, 2.24) is 10.2 Å². The Hall–Kier alpha value is -1.07. The molecule has 5 heteroatoms. The number of benzene rings is 1. The first-order valence-electron chi connectivity index (χ1n) is 7.56. The van der Waals surface area contributed by atoms with Crippen molar-refractivity contribution in [3.63, 3.8) is 0 Å². The van der Waals surface area contributed by atoms with E-state index in [1.165, 1.54) is 5.56 Å². The molecule has 0 aliphatic rings. The van der Waals surface area contributed by atoms with Gasteiger partial charge >= 0.3 is 6.09 Å². The number of halogens is 1. The van der Waals surface area contributed by atoms with Crippen LogP contribution in [-0.2, 0) is 11.3 Å². The predicted molar refractivity (Wildman–Crippen MR) is 93.9 cm³/mol. The first-order valence-corrected chi connectivity index (χ1v) is 8.36. The molecule has 0 fully saturated rings. The van der Waals surface area contributed by atoms with Gasteiger partial charge in [0.05, 0.1) is 0 Å². The highest BCUT2D eigenvalue weighted by atomic mass is 79.9. The molecule has 0 radical (unpaired) electrons. The molecule has 1 N–H and O–H groups in total. The van der Waals surface area contributed by atoms with Gasteiger partial charge in [0.15, 0.2) is 0 Å². The largest absolute Gasteiger partial charge is 0.444 e.